The molecule has 14 heavy (non-hydrogen) atoms. The van der Waals surface area contributed by atoms with Crippen LogP contribution in [0.4, 0.5) is 10.1 Å². The zero-order valence-electron chi connectivity index (χ0n) is 7.87. The fraction of sp³-hybridized carbons (Fsp3) is 0.500. The third-order valence-corrected chi connectivity index (χ3v) is 3.56. The largest absolute Gasteiger partial charge is 0.383 e. The number of nitrogens with zero attached hydrogens (tertiary/aromatic N) is 1. The number of halogens is 1. The van der Waals surface area contributed by atoms with Crippen molar-refractivity contribution in [3.05, 3.63) is 24.3 Å². The molecule has 4 heteroatoms. The Morgan fingerprint density at radius 3 is 3.21 bits per heavy atom. The zero-order valence-corrected chi connectivity index (χ0v) is 8.69. The smallest absolute Gasteiger partial charge is 0.143 e. The van der Waals surface area contributed by atoms with Gasteiger partial charge in [0.15, 0.2) is 0 Å². The fourth-order valence-corrected chi connectivity index (χ4v) is 2.80. The van der Waals surface area contributed by atoms with Crippen molar-refractivity contribution in [2.75, 3.05) is 23.4 Å². The first-order valence-electron chi connectivity index (χ1n) is 4.77. The average Bonchev–Trinajstić information content (AvgIpc) is 2.67. The molecule has 76 valence electrons. The summed E-state index contributed by atoms with van der Waals surface area (Å²) in [5.41, 5.74) is 0.780. The monoisotopic (exact) mass is 212 g/mol. The van der Waals surface area contributed by atoms with Crippen LogP contribution in [0.5, 0.6) is 0 Å². The Morgan fingerprint density at radius 1 is 1.57 bits per heavy atom. The highest BCUT2D eigenvalue weighted by atomic mass is 32.2. The lowest BCUT2D eigenvalue weighted by atomic mass is 10.1. The Balaban J connectivity index is 1.85. The quantitative estimate of drug-likeness (QED) is 0.832. The second-order valence-corrected chi connectivity index (χ2v) is 4.65. The molecule has 1 aromatic rings. The van der Waals surface area contributed by atoms with Crippen LogP contribution < -0.4 is 5.32 Å². The topological polar surface area (TPSA) is 24.9 Å². The SMILES string of the molecule is Fc1cncc(NCC2CCSC2)c1. The maximum absolute atomic E-state index is 12.8. The molecule has 1 unspecified atom stereocenters. The number of rotatable bonds is 3. The molecule has 1 N–H and O–H groups in total. The zero-order chi connectivity index (χ0) is 9.80. The highest BCUT2D eigenvalue weighted by Gasteiger charge is 2.14. The lowest BCUT2D eigenvalue weighted by Crippen LogP contribution is -2.13. The van der Waals surface area contributed by atoms with E-state index in [4.69, 9.17) is 0 Å². The number of thioether (sulfide) groups is 1. The minimum Gasteiger partial charge on any atom is -0.383 e. The van der Waals surface area contributed by atoms with E-state index >= 15 is 0 Å². The van der Waals surface area contributed by atoms with Crippen LogP contribution in [0.2, 0.25) is 0 Å². The molecule has 0 amide bonds. The predicted octanol–water partition coefficient (Wildman–Crippen LogP) is 2.39. The van der Waals surface area contributed by atoms with Crippen molar-refractivity contribution in [3.8, 4) is 0 Å². The van der Waals surface area contributed by atoms with Crippen molar-refractivity contribution in [1.29, 1.82) is 0 Å². The third kappa shape index (κ3) is 2.61. The summed E-state index contributed by atoms with van der Waals surface area (Å²) in [6.07, 6.45) is 4.14. The lowest BCUT2D eigenvalue weighted by Gasteiger charge is -2.10. The van der Waals surface area contributed by atoms with E-state index in [1.165, 1.54) is 30.2 Å². The van der Waals surface area contributed by atoms with E-state index in [1.807, 2.05) is 11.8 Å². The van der Waals surface area contributed by atoms with E-state index < -0.39 is 0 Å². The van der Waals surface area contributed by atoms with Crippen molar-refractivity contribution >= 4 is 17.4 Å². The van der Waals surface area contributed by atoms with Gasteiger partial charge in [-0.3, -0.25) is 4.98 Å². The molecule has 0 saturated carbocycles. The predicted molar refractivity (Wildman–Crippen MR) is 58.1 cm³/mol. The number of aromatic nitrogens is 1. The highest BCUT2D eigenvalue weighted by molar-refractivity contribution is 7.99. The number of pyridine rings is 1. The van der Waals surface area contributed by atoms with E-state index in [2.05, 4.69) is 10.3 Å². The first kappa shape index (κ1) is 9.77. The van der Waals surface area contributed by atoms with Crippen molar-refractivity contribution in [2.45, 2.75) is 6.42 Å². The van der Waals surface area contributed by atoms with Gasteiger partial charge in [-0.2, -0.15) is 11.8 Å². The normalized spacial score (nSPS) is 21.1. The van der Waals surface area contributed by atoms with Crippen LogP contribution in [0, 0.1) is 11.7 Å². The summed E-state index contributed by atoms with van der Waals surface area (Å²) in [5.74, 6) is 2.92. The molecule has 2 heterocycles. The Kier molecular flexibility index (Phi) is 3.24. The van der Waals surface area contributed by atoms with Crippen molar-refractivity contribution in [3.63, 3.8) is 0 Å². The molecule has 2 rings (SSSR count). The molecule has 0 bridgehead atoms. The lowest BCUT2D eigenvalue weighted by molar-refractivity contribution is 0.617. The number of hydrogen-bond acceptors (Lipinski definition) is 3. The number of anilines is 1. The van der Waals surface area contributed by atoms with E-state index in [1.54, 1.807) is 6.20 Å². The van der Waals surface area contributed by atoms with Gasteiger partial charge in [-0.25, -0.2) is 4.39 Å². The summed E-state index contributed by atoms with van der Waals surface area (Å²) in [4.78, 5) is 3.79. The first-order valence-corrected chi connectivity index (χ1v) is 5.92. The molecule has 1 atom stereocenters. The van der Waals surface area contributed by atoms with Gasteiger partial charge in [0, 0.05) is 12.6 Å². The van der Waals surface area contributed by atoms with E-state index in [-0.39, 0.29) is 5.82 Å². The molecule has 0 aliphatic carbocycles. The van der Waals surface area contributed by atoms with Gasteiger partial charge in [0.2, 0.25) is 0 Å². The first-order chi connectivity index (χ1) is 6.84. The molecule has 2 nitrogen and oxygen atoms in total. The second-order valence-electron chi connectivity index (χ2n) is 3.50. The van der Waals surface area contributed by atoms with Gasteiger partial charge < -0.3 is 5.32 Å². The van der Waals surface area contributed by atoms with Gasteiger partial charge in [-0.05, 0) is 23.8 Å². The van der Waals surface area contributed by atoms with Crippen LogP contribution in [0.1, 0.15) is 6.42 Å². The molecular weight excluding hydrogens is 199 g/mol. The number of nitrogens with one attached hydrogen (secondary N) is 1. The third-order valence-electron chi connectivity index (χ3n) is 2.32. The molecule has 0 radical (unpaired) electrons. The van der Waals surface area contributed by atoms with Gasteiger partial charge in [0.25, 0.3) is 0 Å². The average molecular weight is 212 g/mol. The molecule has 1 aliphatic heterocycles. The second kappa shape index (κ2) is 4.64. The molecule has 1 saturated heterocycles. The van der Waals surface area contributed by atoms with Crippen LogP contribution in [0.25, 0.3) is 0 Å². The van der Waals surface area contributed by atoms with Crippen molar-refractivity contribution in [1.82, 2.24) is 4.98 Å². The molecule has 1 aromatic heterocycles. The van der Waals surface area contributed by atoms with Crippen molar-refractivity contribution < 1.29 is 4.39 Å². The summed E-state index contributed by atoms with van der Waals surface area (Å²) in [6.45, 7) is 0.929. The minimum atomic E-state index is -0.282. The highest BCUT2D eigenvalue weighted by Crippen LogP contribution is 2.23. The van der Waals surface area contributed by atoms with Gasteiger partial charge in [0.05, 0.1) is 18.1 Å². The molecule has 1 aliphatic rings. The summed E-state index contributed by atoms with van der Waals surface area (Å²) in [7, 11) is 0. The minimum absolute atomic E-state index is 0.282. The Morgan fingerprint density at radius 2 is 2.50 bits per heavy atom. The van der Waals surface area contributed by atoms with Gasteiger partial charge in [0.1, 0.15) is 5.82 Å². The molecule has 0 spiro atoms. The van der Waals surface area contributed by atoms with Crippen molar-refractivity contribution in [2.24, 2.45) is 5.92 Å². The summed E-state index contributed by atoms with van der Waals surface area (Å²) in [6, 6.07) is 1.48. The van der Waals surface area contributed by atoms with E-state index in [0.717, 1.165) is 18.2 Å². The van der Waals surface area contributed by atoms with E-state index in [9.17, 15) is 4.39 Å². The number of hydrogen-bond donors (Lipinski definition) is 1. The Bertz CT molecular complexity index is 300. The summed E-state index contributed by atoms with van der Waals surface area (Å²) >= 11 is 1.99. The maximum Gasteiger partial charge on any atom is 0.143 e. The summed E-state index contributed by atoms with van der Waals surface area (Å²) in [5, 5.41) is 3.21. The van der Waals surface area contributed by atoms with E-state index in [0.29, 0.717) is 0 Å². The van der Waals surface area contributed by atoms with Crippen LogP contribution in [0.3, 0.4) is 0 Å². The molecule has 0 aromatic carbocycles. The van der Waals surface area contributed by atoms with Gasteiger partial charge >= 0.3 is 0 Å². The van der Waals surface area contributed by atoms with Crippen LogP contribution >= 0.6 is 11.8 Å². The van der Waals surface area contributed by atoms with Gasteiger partial charge in [-0.15, -0.1) is 0 Å². The Hall–Kier alpha value is -0.770. The fourth-order valence-electron chi connectivity index (χ4n) is 1.52. The molecule has 1 fully saturated rings. The van der Waals surface area contributed by atoms with Crippen LogP contribution in [-0.2, 0) is 0 Å². The van der Waals surface area contributed by atoms with Gasteiger partial charge in [-0.1, -0.05) is 0 Å². The standard InChI is InChI=1S/C10H13FN2S/c11-9-3-10(6-12-5-9)13-4-8-1-2-14-7-8/h3,5-6,8,13H,1-2,4,7H2. The maximum atomic E-state index is 12.8. The Labute approximate surface area is 87.3 Å². The molecular formula is C10H13FN2S. The van der Waals surface area contributed by atoms with Crippen LogP contribution in [0.15, 0.2) is 18.5 Å². The summed E-state index contributed by atoms with van der Waals surface area (Å²) < 4.78 is 12.8. The van der Waals surface area contributed by atoms with Crippen LogP contribution in [-0.4, -0.2) is 23.0 Å².